The largest absolute Gasteiger partial charge is 0.464 e. The maximum absolute atomic E-state index is 12.7. The molecule has 0 bridgehead atoms. The van der Waals surface area contributed by atoms with Crippen LogP contribution in [-0.2, 0) is 0 Å². The number of hydrogen-bond donors (Lipinski definition) is 1. The quantitative estimate of drug-likeness (QED) is 0.504. The fourth-order valence-electron chi connectivity index (χ4n) is 3.76. The van der Waals surface area contributed by atoms with Crippen LogP contribution in [0.3, 0.4) is 0 Å². The van der Waals surface area contributed by atoms with Gasteiger partial charge in [-0.3, -0.25) is 9.78 Å². The molecule has 0 aliphatic carbocycles. The van der Waals surface area contributed by atoms with Crippen molar-refractivity contribution in [2.45, 2.75) is 12.5 Å². The molecule has 4 heterocycles. The van der Waals surface area contributed by atoms with Crippen LogP contribution in [0.1, 0.15) is 16.8 Å². The lowest BCUT2D eigenvalue weighted by Crippen LogP contribution is -2.37. The number of nitrogens with zero attached hydrogens (tertiary/aromatic N) is 4. The van der Waals surface area contributed by atoms with E-state index >= 15 is 0 Å². The molecular weight excluding hydrogens is 402 g/mol. The number of aromatic nitrogens is 3. The van der Waals surface area contributed by atoms with Crippen LogP contribution >= 0.6 is 11.6 Å². The molecule has 4 aromatic rings. The second-order valence-electron chi connectivity index (χ2n) is 7.17. The van der Waals surface area contributed by atoms with E-state index in [0.29, 0.717) is 17.3 Å². The first-order valence-corrected chi connectivity index (χ1v) is 10.0. The van der Waals surface area contributed by atoms with Crippen molar-refractivity contribution in [1.82, 2.24) is 20.3 Å². The topological polar surface area (TPSA) is 84.2 Å². The minimum absolute atomic E-state index is 0.0484. The first kappa shape index (κ1) is 18.6. The number of nitrogens with one attached hydrogen (secondary N) is 1. The van der Waals surface area contributed by atoms with Crippen molar-refractivity contribution in [2.24, 2.45) is 0 Å². The number of rotatable bonds is 4. The number of pyridine rings is 1. The van der Waals surface area contributed by atoms with Gasteiger partial charge in [-0.2, -0.15) is 0 Å². The Balaban J connectivity index is 1.26. The summed E-state index contributed by atoms with van der Waals surface area (Å²) in [7, 11) is 0. The van der Waals surface area contributed by atoms with E-state index < -0.39 is 0 Å². The van der Waals surface area contributed by atoms with Crippen molar-refractivity contribution < 1.29 is 9.21 Å². The zero-order chi connectivity index (χ0) is 20.5. The number of fused-ring (bicyclic) bond motifs is 1. The third-order valence-electron chi connectivity index (χ3n) is 5.27. The van der Waals surface area contributed by atoms with Gasteiger partial charge < -0.3 is 14.6 Å². The Kier molecular flexibility index (Phi) is 4.80. The predicted octanol–water partition coefficient (Wildman–Crippen LogP) is 3.95. The average molecular weight is 420 g/mol. The number of carbonyl (C=O) groups is 1. The Morgan fingerprint density at radius 1 is 1.13 bits per heavy atom. The van der Waals surface area contributed by atoms with Crippen LogP contribution in [0, 0.1) is 0 Å². The molecule has 1 N–H and O–H groups in total. The highest BCUT2D eigenvalue weighted by molar-refractivity contribution is 6.29. The normalized spacial score (nSPS) is 16.2. The maximum Gasteiger partial charge on any atom is 0.251 e. The minimum Gasteiger partial charge on any atom is -0.464 e. The summed E-state index contributed by atoms with van der Waals surface area (Å²) < 4.78 is 5.44. The second-order valence-corrected chi connectivity index (χ2v) is 7.56. The Hall–Kier alpha value is -3.45. The van der Waals surface area contributed by atoms with E-state index in [2.05, 4.69) is 25.2 Å². The van der Waals surface area contributed by atoms with Crippen molar-refractivity contribution in [1.29, 1.82) is 0 Å². The Morgan fingerprint density at radius 2 is 2.00 bits per heavy atom. The van der Waals surface area contributed by atoms with E-state index in [4.69, 9.17) is 16.0 Å². The van der Waals surface area contributed by atoms with Gasteiger partial charge >= 0.3 is 0 Å². The zero-order valence-electron chi connectivity index (χ0n) is 16.0. The molecule has 1 saturated heterocycles. The molecule has 30 heavy (non-hydrogen) atoms. The van der Waals surface area contributed by atoms with Gasteiger partial charge in [0.05, 0.1) is 12.0 Å². The fourth-order valence-corrected chi connectivity index (χ4v) is 3.90. The first-order chi connectivity index (χ1) is 14.7. The van der Waals surface area contributed by atoms with Crippen LogP contribution in [0.15, 0.2) is 65.7 Å². The van der Waals surface area contributed by atoms with Gasteiger partial charge in [0.25, 0.3) is 5.91 Å². The van der Waals surface area contributed by atoms with Gasteiger partial charge in [-0.1, -0.05) is 23.7 Å². The first-order valence-electron chi connectivity index (χ1n) is 9.63. The lowest BCUT2D eigenvalue weighted by molar-refractivity contribution is 0.0940. The van der Waals surface area contributed by atoms with Gasteiger partial charge in [0.1, 0.15) is 22.9 Å². The third-order valence-corrected chi connectivity index (χ3v) is 5.47. The summed E-state index contributed by atoms with van der Waals surface area (Å²) in [5.41, 5.74) is 3.17. The summed E-state index contributed by atoms with van der Waals surface area (Å²) in [6, 6.07) is 13.0. The predicted molar refractivity (Wildman–Crippen MR) is 115 cm³/mol. The lowest BCUT2D eigenvalue weighted by atomic mass is 10.1. The Bertz CT molecular complexity index is 1210. The van der Waals surface area contributed by atoms with Gasteiger partial charge in [0.2, 0.25) is 0 Å². The number of amides is 1. The molecule has 150 valence electrons. The van der Waals surface area contributed by atoms with Crippen molar-refractivity contribution in [3.05, 3.63) is 72.0 Å². The number of halogens is 1. The van der Waals surface area contributed by atoms with Gasteiger partial charge in [-0.05, 0) is 30.7 Å². The summed E-state index contributed by atoms with van der Waals surface area (Å²) in [6.45, 7) is 1.49. The number of anilines is 1. The van der Waals surface area contributed by atoms with Gasteiger partial charge in [-0.25, -0.2) is 9.97 Å². The summed E-state index contributed by atoms with van der Waals surface area (Å²) in [4.78, 5) is 27.4. The van der Waals surface area contributed by atoms with Gasteiger partial charge in [0.15, 0.2) is 0 Å². The monoisotopic (exact) mass is 419 g/mol. The minimum atomic E-state index is -0.0939. The fraction of sp³-hybridized carbons (Fsp3) is 0.182. The van der Waals surface area contributed by atoms with Crippen molar-refractivity contribution in [2.75, 3.05) is 18.0 Å². The highest BCUT2D eigenvalue weighted by Gasteiger charge is 2.25. The molecule has 8 heteroatoms. The molecular formula is C22H18ClN5O2. The van der Waals surface area contributed by atoms with E-state index in [9.17, 15) is 4.79 Å². The van der Waals surface area contributed by atoms with Gasteiger partial charge in [-0.15, -0.1) is 0 Å². The molecule has 0 saturated carbocycles. The van der Waals surface area contributed by atoms with E-state index in [1.165, 1.54) is 6.33 Å². The van der Waals surface area contributed by atoms with Crippen molar-refractivity contribution >= 4 is 34.3 Å². The van der Waals surface area contributed by atoms with E-state index in [1.54, 1.807) is 18.5 Å². The van der Waals surface area contributed by atoms with Crippen LogP contribution in [0.4, 0.5) is 5.82 Å². The number of furan rings is 1. The van der Waals surface area contributed by atoms with Crippen LogP contribution in [0.2, 0.25) is 5.15 Å². The standard InChI is InChI=1S/C22H18ClN5O2/c23-19-11-20(26-13-25-19)28-9-6-16(12-28)27-22(29)15-3-1-14(2-4-15)21-17-7-10-30-18(17)5-8-24-21/h1-5,7-8,10-11,13,16H,6,9,12H2,(H,27,29). The van der Waals surface area contributed by atoms with Crippen LogP contribution in [0.25, 0.3) is 22.2 Å². The molecule has 1 aliphatic heterocycles. The Labute approximate surface area is 177 Å². The maximum atomic E-state index is 12.7. The van der Waals surface area contributed by atoms with Crippen molar-refractivity contribution in [3.8, 4) is 11.3 Å². The summed E-state index contributed by atoms with van der Waals surface area (Å²) in [6.07, 6.45) is 5.67. The Morgan fingerprint density at radius 3 is 2.83 bits per heavy atom. The molecule has 1 atom stereocenters. The molecule has 0 spiro atoms. The molecule has 1 fully saturated rings. The second kappa shape index (κ2) is 7.76. The van der Waals surface area contributed by atoms with E-state index in [-0.39, 0.29) is 11.9 Å². The third kappa shape index (κ3) is 3.59. The zero-order valence-corrected chi connectivity index (χ0v) is 16.7. The molecule has 1 aliphatic rings. The molecule has 0 radical (unpaired) electrons. The SMILES string of the molecule is O=C(NC1CCN(c2cc(Cl)ncn2)C1)c1ccc(-c2nccc3occc23)cc1. The molecule has 1 unspecified atom stereocenters. The molecule has 1 aromatic carbocycles. The number of benzene rings is 1. The van der Waals surface area contributed by atoms with Crippen LogP contribution in [0.5, 0.6) is 0 Å². The van der Waals surface area contributed by atoms with E-state index in [1.807, 2.05) is 36.4 Å². The lowest BCUT2D eigenvalue weighted by Gasteiger charge is -2.18. The summed E-state index contributed by atoms with van der Waals surface area (Å²) in [5, 5.41) is 4.47. The van der Waals surface area contributed by atoms with Crippen LogP contribution < -0.4 is 10.2 Å². The number of carbonyl (C=O) groups excluding carboxylic acids is 1. The smallest absolute Gasteiger partial charge is 0.251 e. The molecule has 7 nitrogen and oxygen atoms in total. The highest BCUT2D eigenvalue weighted by atomic mass is 35.5. The molecule has 5 rings (SSSR count). The molecule has 1 amide bonds. The van der Waals surface area contributed by atoms with E-state index in [0.717, 1.165) is 41.0 Å². The van der Waals surface area contributed by atoms with Crippen LogP contribution in [-0.4, -0.2) is 40.0 Å². The van der Waals surface area contributed by atoms with Gasteiger partial charge in [0, 0.05) is 47.9 Å². The summed E-state index contributed by atoms with van der Waals surface area (Å²) in [5.74, 6) is 0.681. The average Bonchev–Trinajstić information content (AvgIpc) is 3.43. The highest BCUT2D eigenvalue weighted by Crippen LogP contribution is 2.27. The molecule has 3 aromatic heterocycles. The summed E-state index contributed by atoms with van der Waals surface area (Å²) >= 11 is 5.95. The van der Waals surface area contributed by atoms with Crippen molar-refractivity contribution in [3.63, 3.8) is 0 Å². The number of hydrogen-bond acceptors (Lipinski definition) is 6.